The number of carbonyl (C=O) groups is 1. The molecule has 0 amide bonds. The SMILES string of the molecule is CC12CCC3c4ccccc4CCC3C1CCC2=O.CCC. The highest BCUT2D eigenvalue weighted by Crippen LogP contribution is 2.59. The molecule has 1 aromatic rings. The Kier molecular flexibility index (Phi) is 4.43. The smallest absolute Gasteiger partial charge is 0.139 e. The molecule has 4 atom stereocenters. The molecule has 0 radical (unpaired) electrons. The van der Waals surface area contributed by atoms with Crippen LogP contribution < -0.4 is 0 Å². The van der Waals surface area contributed by atoms with Crippen LogP contribution in [0, 0.1) is 17.3 Å². The van der Waals surface area contributed by atoms with Crippen molar-refractivity contribution in [2.45, 2.75) is 71.6 Å². The lowest BCUT2D eigenvalue weighted by Gasteiger charge is -2.48. The van der Waals surface area contributed by atoms with E-state index >= 15 is 0 Å². The van der Waals surface area contributed by atoms with Crippen LogP contribution >= 0.6 is 0 Å². The number of ketones is 1. The zero-order chi connectivity index (χ0) is 15.7. The molecule has 4 unspecified atom stereocenters. The molecule has 120 valence electrons. The van der Waals surface area contributed by atoms with Crippen molar-refractivity contribution in [3.05, 3.63) is 35.4 Å². The molecule has 0 aliphatic heterocycles. The third-order valence-corrected chi connectivity index (χ3v) is 6.35. The molecule has 3 aliphatic rings. The molecule has 1 nitrogen and oxygen atoms in total. The molecule has 0 bridgehead atoms. The summed E-state index contributed by atoms with van der Waals surface area (Å²) in [5, 5.41) is 0. The number of fused-ring (bicyclic) bond motifs is 5. The van der Waals surface area contributed by atoms with E-state index in [9.17, 15) is 4.79 Å². The molecule has 0 aromatic heterocycles. The highest BCUT2D eigenvalue weighted by molar-refractivity contribution is 5.87. The van der Waals surface area contributed by atoms with Gasteiger partial charge in [-0.15, -0.1) is 0 Å². The normalized spacial score (nSPS) is 35.8. The molecular formula is C21H30O. The molecule has 2 fully saturated rings. The molecule has 1 aromatic carbocycles. The van der Waals surface area contributed by atoms with Crippen molar-refractivity contribution in [3.8, 4) is 0 Å². The van der Waals surface area contributed by atoms with Crippen LogP contribution in [0.5, 0.6) is 0 Å². The van der Waals surface area contributed by atoms with E-state index < -0.39 is 0 Å². The van der Waals surface area contributed by atoms with Crippen LogP contribution in [-0.4, -0.2) is 5.78 Å². The molecular weight excluding hydrogens is 268 g/mol. The van der Waals surface area contributed by atoms with E-state index in [1.54, 1.807) is 11.1 Å². The summed E-state index contributed by atoms with van der Waals surface area (Å²) in [4.78, 5) is 12.3. The summed E-state index contributed by atoms with van der Waals surface area (Å²) in [5.74, 6) is 2.70. The van der Waals surface area contributed by atoms with Crippen molar-refractivity contribution in [2.75, 3.05) is 0 Å². The molecule has 0 N–H and O–H groups in total. The second-order valence-corrected chi connectivity index (χ2v) is 7.74. The molecule has 4 rings (SSSR count). The molecule has 3 aliphatic carbocycles. The Hall–Kier alpha value is -1.11. The number of Topliss-reactive ketones (excluding diaryl/α,β-unsaturated/α-hetero) is 1. The van der Waals surface area contributed by atoms with Crippen molar-refractivity contribution in [1.82, 2.24) is 0 Å². The van der Waals surface area contributed by atoms with Crippen molar-refractivity contribution < 1.29 is 4.79 Å². The summed E-state index contributed by atoms with van der Waals surface area (Å²) in [6, 6.07) is 9.00. The minimum Gasteiger partial charge on any atom is -0.299 e. The summed E-state index contributed by atoms with van der Waals surface area (Å²) < 4.78 is 0. The van der Waals surface area contributed by atoms with Gasteiger partial charge in [0, 0.05) is 11.8 Å². The lowest BCUT2D eigenvalue weighted by Crippen LogP contribution is -2.42. The van der Waals surface area contributed by atoms with Gasteiger partial charge in [-0.3, -0.25) is 4.79 Å². The fourth-order valence-electron chi connectivity index (χ4n) is 5.29. The first-order chi connectivity index (χ1) is 10.6. The molecule has 2 saturated carbocycles. The predicted molar refractivity (Wildman–Crippen MR) is 92.0 cm³/mol. The fraction of sp³-hybridized carbons (Fsp3) is 0.667. The van der Waals surface area contributed by atoms with Crippen LogP contribution in [0.15, 0.2) is 24.3 Å². The highest BCUT2D eigenvalue weighted by atomic mass is 16.1. The third-order valence-electron chi connectivity index (χ3n) is 6.35. The number of hydrogen-bond acceptors (Lipinski definition) is 1. The zero-order valence-electron chi connectivity index (χ0n) is 14.4. The van der Waals surface area contributed by atoms with E-state index in [0.717, 1.165) is 31.1 Å². The van der Waals surface area contributed by atoms with Gasteiger partial charge in [0.25, 0.3) is 0 Å². The van der Waals surface area contributed by atoms with Crippen LogP contribution in [-0.2, 0) is 11.2 Å². The maximum absolute atomic E-state index is 12.3. The summed E-state index contributed by atoms with van der Waals surface area (Å²) in [6.07, 6.45) is 8.10. The van der Waals surface area contributed by atoms with Crippen molar-refractivity contribution >= 4 is 5.78 Å². The Morgan fingerprint density at radius 2 is 1.82 bits per heavy atom. The van der Waals surface area contributed by atoms with E-state index in [0.29, 0.717) is 11.7 Å². The average molecular weight is 298 g/mol. The van der Waals surface area contributed by atoms with Gasteiger partial charge in [-0.05, 0) is 61.0 Å². The standard InChI is InChI=1S/C18H22O.C3H8/c1-18-11-10-14-13-5-3-2-4-12(13)6-7-15(14)16(18)8-9-17(18)19;1-3-2/h2-5,14-16H,6-11H2,1H3;3H2,1-2H3. The van der Waals surface area contributed by atoms with Crippen LogP contribution in [0.1, 0.15) is 76.3 Å². The van der Waals surface area contributed by atoms with Crippen LogP contribution in [0.3, 0.4) is 0 Å². The largest absolute Gasteiger partial charge is 0.299 e. The van der Waals surface area contributed by atoms with Gasteiger partial charge < -0.3 is 0 Å². The topological polar surface area (TPSA) is 17.1 Å². The predicted octanol–water partition coefficient (Wildman–Crippen LogP) is 5.53. The number of benzene rings is 1. The Morgan fingerprint density at radius 1 is 1.09 bits per heavy atom. The Bertz CT molecular complexity index is 547. The molecule has 0 saturated heterocycles. The molecule has 22 heavy (non-hydrogen) atoms. The third kappa shape index (κ3) is 2.43. The first-order valence-electron chi connectivity index (χ1n) is 9.23. The van der Waals surface area contributed by atoms with Gasteiger partial charge in [-0.25, -0.2) is 0 Å². The van der Waals surface area contributed by atoms with E-state index in [1.165, 1.54) is 25.7 Å². The molecule has 0 heterocycles. The van der Waals surface area contributed by atoms with Crippen molar-refractivity contribution in [2.24, 2.45) is 17.3 Å². The number of rotatable bonds is 0. The van der Waals surface area contributed by atoms with Crippen LogP contribution in [0.4, 0.5) is 0 Å². The second kappa shape index (κ2) is 6.18. The maximum Gasteiger partial charge on any atom is 0.139 e. The van der Waals surface area contributed by atoms with Gasteiger partial charge in [-0.1, -0.05) is 51.5 Å². The Balaban J connectivity index is 0.000000446. The summed E-state index contributed by atoms with van der Waals surface area (Å²) >= 11 is 0. The fourth-order valence-corrected chi connectivity index (χ4v) is 5.29. The lowest BCUT2D eigenvalue weighted by atomic mass is 9.55. The molecule has 1 heteroatoms. The van der Waals surface area contributed by atoms with Crippen molar-refractivity contribution in [1.29, 1.82) is 0 Å². The average Bonchev–Trinajstić information content (AvgIpc) is 2.83. The lowest BCUT2D eigenvalue weighted by molar-refractivity contribution is -0.129. The van der Waals surface area contributed by atoms with Gasteiger partial charge in [0.15, 0.2) is 0 Å². The minimum atomic E-state index is 0.0213. The monoisotopic (exact) mass is 298 g/mol. The van der Waals surface area contributed by atoms with E-state index in [-0.39, 0.29) is 5.41 Å². The number of carbonyl (C=O) groups excluding carboxylic acids is 1. The number of aryl methyl sites for hydroxylation is 1. The van der Waals surface area contributed by atoms with Gasteiger partial charge in [0.05, 0.1) is 0 Å². The Labute approximate surface area is 135 Å². The Morgan fingerprint density at radius 3 is 2.59 bits per heavy atom. The van der Waals surface area contributed by atoms with Gasteiger partial charge in [-0.2, -0.15) is 0 Å². The number of hydrogen-bond donors (Lipinski definition) is 0. The van der Waals surface area contributed by atoms with Crippen LogP contribution in [0.2, 0.25) is 0 Å². The first-order valence-corrected chi connectivity index (χ1v) is 9.23. The van der Waals surface area contributed by atoms with Gasteiger partial charge in [0.2, 0.25) is 0 Å². The first kappa shape index (κ1) is 15.8. The van der Waals surface area contributed by atoms with E-state index in [1.807, 2.05) is 0 Å². The van der Waals surface area contributed by atoms with Gasteiger partial charge >= 0.3 is 0 Å². The summed E-state index contributed by atoms with van der Waals surface area (Å²) in [5.41, 5.74) is 3.19. The highest BCUT2D eigenvalue weighted by Gasteiger charge is 2.54. The summed E-state index contributed by atoms with van der Waals surface area (Å²) in [7, 11) is 0. The quantitative estimate of drug-likeness (QED) is 0.615. The van der Waals surface area contributed by atoms with E-state index in [2.05, 4.69) is 45.0 Å². The van der Waals surface area contributed by atoms with Gasteiger partial charge in [0.1, 0.15) is 5.78 Å². The molecule has 0 spiro atoms. The maximum atomic E-state index is 12.3. The van der Waals surface area contributed by atoms with Crippen LogP contribution in [0.25, 0.3) is 0 Å². The minimum absolute atomic E-state index is 0.0213. The second-order valence-electron chi connectivity index (χ2n) is 7.74. The summed E-state index contributed by atoms with van der Waals surface area (Å²) in [6.45, 7) is 6.50. The van der Waals surface area contributed by atoms with E-state index in [4.69, 9.17) is 0 Å². The zero-order valence-corrected chi connectivity index (χ0v) is 14.4. The van der Waals surface area contributed by atoms with Crippen molar-refractivity contribution in [3.63, 3.8) is 0 Å².